The zero-order valence-corrected chi connectivity index (χ0v) is 11.7. The Morgan fingerprint density at radius 2 is 2.11 bits per heavy atom. The topological polar surface area (TPSA) is 72.1 Å². The summed E-state index contributed by atoms with van der Waals surface area (Å²) in [6.45, 7) is 0.441. The van der Waals surface area contributed by atoms with E-state index >= 15 is 0 Å². The van der Waals surface area contributed by atoms with Crippen LogP contribution in [-0.2, 0) is 0 Å². The first kappa shape index (κ1) is 13.6. The highest BCUT2D eigenvalue weighted by Crippen LogP contribution is 2.18. The minimum absolute atomic E-state index is 0.141. The van der Waals surface area contributed by atoms with E-state index in [-0.39, 0.29) is 5.91 Å². The van der Waals surface area contributed by atoms with E-state index in [1.54, 1.807) is 4.90 Å². The molecule has 19 heavy (non-hydrogen) atoms. The van der Waals surface area contributed by atoms with E-state index in [1.807, 2.05) is 30.3 Å². The van der Waals surface area contributed by atoms with E-state index in [0.29, 0.717) is 22.8 Å². The van der Waals surface area contributed by atoms with E-state index in [1.165, 1.54) is 6.20 Å². The van der Waals surface area contributed by atoms with E-state index in [0.717, 1.165) is 17.2 Å². The molecule has 0 aliphatic heterocycles. The van der Waals surface area contributed by atoms with Crippen LogP contribution in [0.5, 0.6) is 0 Å². The molecule has 0 saturated carbocycles. The van der Waals surface area contributed by atoms with Crippen molar-refractivity contribution in [3.8, 4) is 0 Å². The lowest BCUT2D eigenvalue weighted by Gasteiger charge is -2.21. The number of benzene rings is 1. The molecule has 0 saturated heterocycles. The summed E-state index contributed by atoms with van der Waals surface area (Å²) in [6, 6.07) is 9.38. The van der Waals surface area contributed by atoms with E-state index in [9.17, 15) is 4.79 Å². The molecule has 0 bridgehead atoms. The van der Waals surface area contributed by atoms with E-state index in [4.69, 9.17) is 18.0 Å². The SMILES string of the molecule is NC(=S)CCN(C(=O)c1cnns1)c1ccccc1. The standard InChI is InChI=1S/C12H12N4OS2/c13-11(18)6-7-16(9-4-2-1-3-5-9)12(17)10-8-14-15-19-10/h1-5,8H,6-7H2,(H2,13,18). The van der Waals surface area contributed by atoms with Crippen LogP contribution in [0.15, 0.2) is 36.5 Å². The Balaban J connectivity index is 2.24. The van der Waals surface area contributed by atoms with Crippen LogP contribution in [0, 0.1) is 0 Å². The molecule has 0 spiro atoms. The van der Waals surface area contributed by atoms with Crippen molar-refractivity contribution in [1.29, 1.82) is 0 Å². The maximum absolute atomic E-state index is 12.4. The quantitative estimate of drug-likeness (QED) is 0.852. The second-order valence-electron chi connectivity index (χ2n) is 3.79. The molecule has 2 aromatic rings. The maximum atomic E-state index is 12.4. The number of para-hydroxylation sites is 1. The molecule has 1 heterocycles. The Hall–Kier alpha value is -1.86. The average molecular weight is 292 g/mol. The second-order valence-corrected chi connectivity index (χ2v) is 5.10. The van der Waals surface area contributed by atoms with Gasteiger partial charge in [-0.2, -0.15) is 0 Å². The van der Waals surface area contributed by atoms with Crippen molar-refractivity contribution in [2.45, 2.75) is 6.42 Å². The Kier molecular flexibility index (Phi) is 4.53. The van der Waals surface area contributed by atoms with Crippen molar-refractivity contribution >= 4 is 40.3 Å². The Labute approximate surface area is 120 Å². The number of carbonyl (C=O) groups excluding carboxylic acids is 1. The van der Waals surface area contributed by atoms with Gasteiger partial charge in [-0.25, -0.2) is 0 Å². The molecule has 0 aliphatic rings. The van der Waals surface area contributed by atoms with Gasteiger partial charge in [0.2, 0.25) is 0 Å². The van der Waals surface area contributed by atoms with Crippen LogP contribution < -0.4 is 10.6 Å². The summed E-state index contributed by atoms with van der Waals surface area (Å²) in [5.74, 6) is -0.141. The zero-order chi connectivity index (χ0) is 13.7. The maximum Gasteiger partial charge on any atom is 0.271 e. The van der Waals surface area contributed by atoms with Crippen molar-refractivity contribution in [2.75, 3.05) is 11.4 Å². The van der Waals surface area contributed by atoms with Crippen LogP contribution in [0.4, 0.5) is 5.69 Å². The molecule has 1 amide bonds. The molecule has 0 fully saturated rings. The molecule has 2 N–H and O–H groups in total. The van der Waals surface area contributed by atoms with Gasteiger partial charge in [-0.1, -0.05) is 34.9 Å². The average Bonchev–Trinajstić information content (AvgIpc) is 2.93. The Morgan fingerprint density at radius 1 is 1.37 bits per heavy atom. The van der Waals surface area contributed by atoms with Gasteiger partial charge in [-0.3, -0.25) is 4.79 Å². The van der Waals surface area contributed by atoms with Gasteiger partial charge in [-0.15, -0.1) is 5.10 Å². The molecule has 0 atom stereocenters. The zero-order valence-electron chi connectivity index (χ0n) is 10.0. The second kappa shape index (κ2) is 6.35. The number of hydrogen-bond donors (Lipinski definition) is 1. The summed E-state index contributed by atoms with van der Waals surface area (Å²) >= 11 is 5.94. The molecular weight excluding hydrogens is 280 g/mol. The molecule has 7 heteroatoms. The lowest BCUT2D eigenvalue weighted by Crippen LogP contribution is -2.33. The van der Waals surface area contributed by atoms with Gasteiger partial charge in [0.15, 0.2) is 0 Å². The van der Waals surface area contributed by atoms with Gasteiger partial charge in [0, 0.05) is 18.7 Å². The highest BCUT2D eigenvalue weighted by Gasteiger charge is 2.19. The van der Waals surface area contributed by atoms with Crippen molar-refractivity contribution in [1.82, 2.24) is 9.59 Å². The minimum Gasteiger partial charge on any atom is -0.393 e. The monoisotopic (exact) mass is 292 g/mol. The van der Waals surface area contributed by atoms with Crippen molar-refractivity contribution in [3.63, 3.8) is 0 Å². The molecule has 5 nitrogen and oxygen atoms in total. The summed E-state index contributed by atoms with van der Waals surface area (Å²) in [5.41, 5.74) is 6.31. The first-order valence-corrected chi connectivity index (χ1v) is 6.79. The molecular formula is C12H12N4OS2. The van der Waals surface area contributed by atoms with Crippen LogP contribution in [0.2, 0.25) is 0 Å². The number of rotatable bonds is 5. The largest absolute Gasteiger partial charge is 0.393 e. The van der Waals surface area contributed by atoms with Crippen LogP contribution in [-0.4, -0.2) is 27.0 Å². The fraction of sp³-hybridized carbons (Fsp3) is 0.167. The molecule has 98 valence electrons. The number of amides is 1. The number of nitrogens with two attached hydrogens (primary N) is 1. The smallest absolute Gasteiger partial charge is 0.271 e. The van der Waals surface area contributed by atoms with Crippen LogP contribution in [0.25, 0.3) is 0 Å². The molecule has 1 aromatic carbocycles. The summed E-state index contributed by atoms with van der Waals surface area (Å²) in [6.07, 6.45) is 1.94. The number of thiocarbonyl (C=S) groups is 1. The highest BCUT2D eigenvalue weighted by molar-refractivity contribution is 7.80. The van der Waals surface area contributed by atoms with Crippen molar-refractivity contribution < 1.29 is 4.79 Å². The summed E-state index contributed by atoms with van der Waals surface area (Å²) < 4.78 is 3.71. The van der Waals surface area contributed by atoms with Gasteiger partial charge in [0.05, 0.1) is 11.2 Å². The molecule has 0 unspecified atom stereocenters. The fourth-order valence-corrected chi connectivity index (χ4v) is 2.13. The third kappa shape index (κ3) is 3.55. The fourth-order valence-electron chi connectivity index (χ4n) is 1.57. The predicted molar refractivity (Wildman–Crippen MR) is 79.4 cm³/mol. The molecule has 1 aromatic heterocycles. The molecule has 0 aliphatic carbocycles. The summed E-state index contributed by atoms with van der Waals surface area (Å²) in [4.78, 5) is 14.9. The summed E-state index contributed by atoms with van der Waals surface area (Å²) in [7, 11) is 0. The summed E-state index contributed by atoms with van der Waals surface area (Å²) in [5, 5.41) is 3.69. The number of carbonyl (C=O) groups is 1. The van der Waals surface area contributed by atoms with E-state index < -0.39 is 0 Å². The highest BCUT2D eigenvalue weighted by atomic mass is 32.1. The lowest BCUT2D eigenvalue weighted by atomic mass is 10.2. The van der Waals surface area contributed by atoms with Crippen molar-refractivity contribution in [3.05, 3.63) is 41.4 Å². The van der Waals surface area contributed by atoms with Crippen molar-refractivity contribution in [2.24, 2.45) is 5.73 Å². The van der Waals surface area contributed by atoms with Gasteiger partial charge in [-0.05, 0) is 23.7 Å². The number of anilines is 1. The van der Waals surface area contributed by atoms with Gasteiger partial charge in [0.25, 0.3) is 5.91 Å². The number of nitrogens with zero attached hydrogens (tertiary/aromatic N) is 3. The Bertz CT molecular complexity index is 556. The van der Waals surface area contributed by atoms with Gasteiger partial charge in [0.1, 0.15) is 4.88 Å². The minimum atomic E-state index is -0.141. The van der Waals surface area contributed by atoms with Crippen LogP contribution >= 0.6 is 23.8 Å². The first-order chi connectivity index (χ1) is 9.18. The van der Waals surface area contributed by atoms with Crippen LogP contribution in [0.1, 0.15) is 16.1 Å². The first-order valence-electron chi connectivity index (χ1n) is 5.61. The third-order valence-corrected chi connectivity index (χ3v) is 3.32. The predicted octanol–water partition coefficient (Wildman–Crippen LogP) is 1.86. The third-order valence-electron chi connectivity index (χ3n) is 2.47. The molecule has 0 radical (unpaired) electrons. The normalized spacial score (nSPS) is 10.1. The van der Waals surface area contributed by atoms with Crippen LogP contribution in [0.3, 0.4) is 0 Å². The van der Waals surface area contributed by atoms with Gasteiger partial charge < -0.3 is 10.6 Å². The van der Waals surface area contributed by atoms with Gasteiger partial charge >= 0.3 is 0 Å². The lowest BCUT2D eigenvalue weighted by molar-refractivity contribution is 0.0991. The number of hydrogen-bond acceptors (Lipinski definition) is 5. The van der Waals surface area contributed by atoms with E-state index in [2.05, 4.69) is 9.59 Å². The number of aromatic nitrogens is 2. The molecule has 2 rings (SSSR count). The Morgan fingerprint density at radius 3 is 2.68 bits per heavy atom.